The van der Waals surface area contributed by atoms with Gasteiger partial charge in [-0.3, -0.25) is 0 Å². The molecule has 5 heteroatoms. The molecule has 84 valence electrons. The summed E-state index contributed by atoms with van der Waals surface area (Å²) in [6, 6.07) is 4.93. The van der Waals surface area contributed by atoms with Crippen LogP contribution < -0.4 is 5.73 Å². The van der Waals surface area contributed by atoms with Crippen molar-refractivity contribution in [1.29, 1.82) is 5.26 Å². The van der Waals surface area contributed by atoms with Gasteiger partial charge in [-0.2, -0.15) is 5.26 Å². The van der Waals surface area contributed by atoms with Gasteiger partial charge in [-0.25, -0.2) is 4.79 Å². The number of carbonyl (C=O) groups is 1. The number of nitrogens with zero attached hydrogens (tertiary/aromatic N) is 1. The van der Waals surface area contributed by atoms with Crippen molar-refractivity contribution in [2.75, 3.05) is 6.61 Å². The topological polar surface area (TPSA) is 76.1 Å². The fourth-order valence-electron chi connectivity index (χ4n) is 1.33. The standard InChI is InChI=1S/C11H11ClN2O2/c1-2-16-11(15)9-4-8(12)3-7(5-13)10(9)6-14/h3-4H,2,5,13H2,1H3. The summed E-state index contributed by atoms with van der Waals surface area (Å²) in [5.41, 5.74) is 6.41. The zero-order valence-corrected chi connectivity index (χ0v) is 9.54. The van der Waals surface area contributed by atoms with Gasteiger partial charge in [0.25, 0.3) is 0 Å². The number of hydrogen-bond donors (Lipinski definition) is 1. The second-order valence-electron chi connectivity index (χ2n) is 3.02. The third-order valence-corrected chi connectivity index (χ3v) is 2.23. The van der Waals surface area contributed by atoms with E-state index in [9.17, 15) is 4.79 Å². The second kappa shape index (κ2) is 5.50. The number of nitrogens with two attached hydrogens (primary N) is 1. The van der Waals surface area contributed by atoms with Gasteiger partial charge in [0.05, 0.1) is 17.7 Å². The minimum absolute atomic E-state index is 0.149. The van der Waals surface area contributed by atoms with Crippen LogP contribution >= 0.6 is 11.6 Å². The molecule has 16 heavy (non-hydrogen) atoms. The Labute approximate surface area is 98.6 Å². The van der Waals surface area contributed by atoms with Gasteiger partial charge in [0.2, 0.25) is 0 Å². The molecule has 0 unspecified atom stereocenters. The smallest absolute Gasteiger partial charge is 0.339 e. The number of rotatable bonds is 3. The number of carbonyl (C=O) groups excluding carboxylic acids is 1. The molecule has 1 rings (SSSR count). The lowest BCUT2D eigenvalue weighted by Gasteiger charge is -2.08. The van der Waals surface area contributed by atoms with Crippen molar-refractivity contribution in [2.45, 2.75) is 13.5 Å². The van der Waals surface area contributed by atoms with E-state index in [1.54, 1.807) is 13.0 Å². The Morgan fingerprint density at radius 3 is 2.81 bits per heavy atom. The highest BCUT2D eigenvalue weighted by molar-refractivity contribution is 6.31. The third-order valence-electron chi connectivity index (χ3n) is 2.01. The number of hydrogen-bond acceptors (Lipinski definition) is 4. The summed E-state index contributed by atoms with van der Waals surface area (Å²) < 4.78 is 4.84. The molecule has 0 saturated carbocycles. The van der Waals surface area contributed by atoms with Gasteiger partial charge < -0.3 is 10.5 Å². The van der Waals surface area contributed by atoms with Crippen molar-refractivity contribution in [2.24, 2.45) is 5.73 Å². The molecular weight excluding hydrogens is 228 g/mol. The van der Waals surface area contributed by atoms with Crippen LogP contribution in [0.1, 0.15) is 28.4 Å². The minimum atomic E-state index is -0.559. The maximum Gasteiger partial charge on any atom is 0.339 e. The zero-order chi connectivity index (χ0) is 12.1. The fraction of sp³-hybridized carbons (Fsp3) is 0.273. The highest BCUT2D eigenvalue weighted by atomic mass is 35.5. The lowest BCUT2D eigenvalue weighted by molar-refractivity contribution is 0.0526. The molecule has 2 N–H and O–H groups in total. The summed E-state index contributed by atoms with van der Waals surface area (Å²) in [7, 11) is 0. The minimum Gasteiger partial charge on any atom is -0.462 e. The summed E-state index contributed by atoms with van der Waals surface area (Å²) in [4.78, 5) is 11.6. The van der Waals surface area contributed by atoms with E-state index < -0.39 is 5.97 Å². The first-order chi connectivity index (χ1) is 7.63. The summed E-state index contributed by atoms with van der Waals surface area (Å²) in [5, 5.41) is 9.35. The lowest BCUT2D eigenvalue weighted by atomic mass is 10.0. The van der Waals surface area contributed by atoms with Crippen LogP contribution in [0.5, 0.6) is 0 Å². The molecule has 1 aromatic carbocycles. The molecule has 0 aromatic heterocycles. The molecule has 0 aliphatic rings. The van der Waals surface area contributed by atoms with Crippen LogP contribution in [-0.4, -0.2) is 12.6 Å². The van der Waals surface area contributed by atoms with Gasteiger partial charge in [-0.15, -0.1) is 0 Å². The molecule has 0 radical (unpaired) electrons. The Balaban J connectivity index is 3.32. The largest absolute Gasteiger partial charge is 0.462 e. The van der Waals surface area contributed by atoms with Crippen molar-refractivity contribution in [3.63, 3.8) is 0 Å². The monoisotopic (exact) mass is 238 g/mol. The van der Waals surface area contributed by atoms with E-state index >= 15 is 0 Å². The molecule has 0 aliphatic heterocycles. The first-order valence-electron chi connectivity index (χ1n) is 4.73. The zero-order valence-electron chi connectivity index (χ0n) is 8.79. The molecule has 0 aliphatic carbocycles. The predicted octanol–water partition coefficient (Wildman–Crippen LogP) is 1.85. The average Bonchev–Trinajstić information content (AvgIpc) is 2.28. The van der Waals surface area contributed by atoms with E-state index in [2.05, 4.69) is 0 Å². The third kappa shape index (κ3) is 2.51. The Kier molecular flexibility index (Phi) is 4.29. The molecule has 1 aromatic rings. The fourth-order valence-corrected chi connectivity index (χ4v) is 1.57. The highest BCUT2D eigenvalue weighted by Crippen LogP contribution is 2.21. The molecule has 0 saturated heterocycles. The molecule has 0 atom stereocenters. The molecule has 0 spiro atoms. The summed E-state index contributed by atoms with van der Waals surface area (Å²) >= 11 is 5.83. The SMILES string of the molecule is CCOC(=O)c1cc(Cl)cc(CN)c1C#N. The Bertz CT molecular complexity index is 452. The van der Waals surface area contributed by atoms with Gasteiger partial charge in [0.1, 0.15) is 6.07 Å². The number of ether oxygens (including phenoxy) is 1. The Morgan fingerprint density at radius 1 is 1.62 bits per heavy atom. The van der Waals surface area contributed by atoms with E-state index in [0.29, 0.717) is 10.6 Å². The van der Waals surface area contributed by atoms with E-state index in [4.69, 9.17) is 27.3 Å². The normalized spacial score (nSPS) is 9.62. The molecule has 0 bridgehead atoms. The average molecular weight is 239 g/mol. The van der Waals surface area contributed by atoms with Crippen molar-refractivity contribution >= 4 is 17.6 Å². The van der Waals surface area contributed by atoms with E-state index in [1.165, 1.54) is 6.07 Å². The van der Waals surface area contributed by atoms with Gasteiger partial charge in [-0.1, -0.05) is 11.6 Å². The van der Waals surface area contributed by atoms with Crippen LogP contribution in [0.15, 0.2) is 12.1 Å². The van der Waals surface area contributed by atoms with Crippen LogP contribution in [0.25, 0.3) is 0 Å². The van der Waals surface area contributed by atoms with Gasteiger partial charge >= 0.3 is 5.97 Å². The molecule has 0 amide bonds. The van der Waals surface area contributed by atoms with Crippen LogP contribution in [0.3, 0.4) is 0 Å². The number of esters is 1. The van der Waals surface area contributed by atoms with Crippen LogP contribution in [0, 0.1) is 11.3 Å². The Hall–Kier alpha value is -1.57. The molecular formula is C11H11ClN2O2. The maximum absolute atomic E-state index is 11.6. The van der Waals surface area contributed by atoms with Crippen molar-refractivity contribution in [3.8, 4) is 6.07 Å². The van der Waals surface area contributed by atoms with Crippen LogP contribution in [-0.2, 0) is 11.3 Å². The Morgan fingerprint density at radius 2 is 2.31 bits per heavy atom. The quantitative estimate of drug-likeness (QED) is 0.816. The maximum atomic E-state index is 11.6. The molecule has 4 nitrogen and oxygen atoms in total. The van der Waals surface area contributed by atoms with Crippen molar-refractivity contribution < 1.29 is 9.53 Å². The lowest BCUT2D eigenvalue weighted by Crippen LogP contribution is -2.10. The number of halogens is 1. The molecule has 0 fully saturated rings. The van der Waals surface area contributed by atoms with Crippen molar-refractivity contribution in [1.82, 2.24) is 0 Å². The second-order valence-corrected chi connectivity index (χ2v) is 3.46. The first kappa shape index (κ1) is 12.5. The van der Waals surface area contributed by atoms with E-state index in [-0.39, 0.29) is 24.3 Å². The predicted molar refractivity (Wildman–Crippen MR) is 60.0 cm³/mol. The van der Waals surface area contributed by atoms with E-state index in [1.807, 2.05) is 6.07 Å². The number of benzene rings is 1. The van der Waals surface area contributed by atoms with Crippen molar-refractivity contribution in [3.05, 3.63) is 33.8 Å². The molecule has 0 heterocycles. The van der Waals surface area contributed by atoms with E-state index in [0.717, 1.165) is 0 Å². The summed E-state index contributed by atoms with van der Waals surface area (Å²) in [6.07, 6.45) is 0. The number of nitriles is 1. The van der Waals surface area contributed by atoms with Gasteiger partial charge in [0.15, 0.2) is 0 Å². The van der Waals surface area contributed by atoms with Gasteiger partial charge in [0, 0.05) is 11.6 Å². The van der Waals surface area contributed by atoms with Crippen LogP contribution in [0.2, 0.25) is 5.02 Å². The van der Waals surface area contributed by atoms with Crippen LogP contribution in [0.4, 0.5) is 0 Å². The van der Waals surface area contributed by atoms with Gasteiger partial charge in [-0.05, 0) is 24.6 Å². The summed E-state index contributed by atoms with van der Waals surface area (Å²) in [6.45, 7) is 2.09. The first-order valence-corrected chi connectivity index (χ1v) is 5.11. The summed E-state index contributed by atoms with van der Waals surface area (Å²) in [5.74, 6) is -0.559. The highest BCUT2D eigenvalue weighted by Gasteiger charge is 2.16.